The Morgan fingerprint density at radius 2 is 2.05 bits per heavy atom. The minimum atomic E-state index is 0.0504. The summed E-state index contributed by atoms with van der Waals surface area (Å²) in [5.41, 5.74) is 3.97. The molecule has 2 aromatic rings. The zero-order chi connectivity index (χ0) is 15.1. The molecule has 112 valence electrons. The van der Waals surface area contributed by atoms with E-state index in [0.29, 0.717) is 6.61 Å². The quantitative estimate of drug-likeness (QED) is 0.459. The molecule has 2 aromatic carbocycles. The fourth-order valence-corrected chi connectivity index (χ4v) is 3.25. The van der Waals surface area contributed by atoms with Crippen molar-refractivity contribution < 1.29 is 4.74 Å². The first-order chi connectivity index (χ1) is 10.2. The van der Waals surface area contributed by atoms with Gasteiger partial charge in [0.25, 0.3) is 0 Å². The highest BCUT2D eigenvalue weighted by Crippen LogP contribution is 2.27. The summed E-state index contributed by atoms with van der Waals surface area (Å²) in [5, 5.41) is 0.746. The van der Waals surface area contributed by atoms with E-state index in [1.807, 2.05) is 55.5 Å². The van der Waals surface area contributed by atoms with E-state index in [2.05, 4.69) is 5.43 Å². The molecule has 0 aliphatic carbocycles. The molecule has 3 N–H and O–H groups in total. The Hall–Kier alpha value is -1.20. The van der Waals surface area contributed by atoms with Crippen LogP contribution in [0, 0.1) is 0 Å². The topological polar surface area (TPSA) is 47.3 Å². The van der Waals surface area contributed by atoms with E-state index in [4.69, 9.17) is 22.2 Å². The van der Waals surface area contributed by atoms with Crippen LogP contribution >= 0.6 is 23.4 Å². The minimum absolute atomic E-state index is 0.0504. The lowest BCUT2D eigenvalue weighted by atomic mass is 10.1. The summed E-state index contributed by atoms with van der Waals surface area (Å²) in [5.74, 6) is 7.37. The zero-order valence-electron chi connectivity index (χ0n) is 11.9. The van der Waals surface area contributed by atoms with Crippen molar-refractivity contribution in [2.75, 3.05) is 12.4 Å². The van der Waals surface area contributed by atoms with E-state index < -0.39 is 0 Å². The van der Waals surface area contributed by atoms with Crippen LogP contribution < -0.4 is 16.0 Å². The summed E-state index contributed by atoms with van der Waals surface area (Å²) in [4.78, 5) is 1.13. The Labute approximate surface area is 134 Å². The van der Waals surface area contributed by atoms with Gasteiger partial charge in [0.15, 0.2) is 0 Å². The average molecular weight is 323 g/mol. The molecule has 0 aliphatic heterocycles. The standard InChI is InChI=1S/C16H19ClN2OS/c1-2-20-14-7-3-5-12(9-14)16(19-18)11-21-15-8-4-6-13(17)10-15/h3-10,16,19H,2,11,18H2,1H3. The molecule has 1 atom stereocenters. The Bertz CT molecular complexity index is 580. The molecule has 0 aliphatic rings. The molecule has 0 heterocycles. The maximum absolute atomic E-state index is 6.00. The molecule has 0 radical (unpaired) electrons. The minimum Gasteiger partial charge on any atom is -0.494 e. The van der Waals surface area contributed by atoms with Gasteiger partial charge in [-0.05, 0) is 42.8 Å². The average Bonchev–Trinajstić information content (AvgIpc) is 2.49. The molecule has 0 spiro atoms. The van der Waals surface area contributed by atoms with Gasteiger partial charge in [-0.15, -0.1) is 11.8 Å². The summed E-state index contributed by atoms with van der Waals surface area (Å²) in [6.45, 7) is 2.63. The van der Waals surface area contributed by atoms with Crippen LogP contribution in [0.3, 0.4) is 0 Å². The maximum Gasteiger partial charge on any atom is 0.119 e. The van der Waals surface area contributed by atoms with Gasteiger partial charge in [-0.3, -0.25) is 11.3 Å². The van der Waals surface area contributed by atoms with Crippen LogP contribution in [-0.4, -0.2) is 12.4 Å². The maximum atomic E-state index is 6.00. The molecule has 0 bridgehead atoms. The van der Waals surface area contributed by atoms with Gasteiger partial charge in [0, 0.05) is 15.7 Å². The predicted octanol–water partition coefficient (Wildman–Crippen LogP) is 4.04. The third-order valence-electron chi connectivity index (χ3n) is 2.99. The van der Waals surface area contributed by atoms with E-state index in [0.717, 1.165) is 27.0 Å². The lowest BCUT2D eigenvalue weighted by Crippen LogP contribution is -2.29. The SMILES string of the molecule is CCOc1cccc(C(CSc2cccc(Cl)c2)NN)c1. The normalized spacial score (nSPS) is 12.1. The van der Waals surface area contributed by atoms with Gasteiger partial charge in [0.05, 0.1) is 12.6 Å². The Kier molecular flexibility index (Phi) is 6.39. The van der Waals surface area contributed by atoms with E-state index in [9.17, 15) is 0 Å². The molecule has 0 saturated heterocycles. The highest BCUT2D eigenvalue weighted by molar-refractivity contribution is 7.99. The van der Waals surface area contributed by atoms with Crippen LogP contribution in [0.1, 0.15) is 18.5 Å². The summed E-state index contributed by atoms with van der Waals surface area (Å²) >= 11 is 7.71. The van der Waals surface area contributed by atoms with Crippen LogP contribution in [0.5, 0.6) is 5.75 Å². The first-order valence-corrected chi connectivity index (χ1v) is 8.16. The lowest BCUT2D eigenvalue weighted by molar-refractivity contribution is 0.339. The number of nitrogens with one attached hydrogen (secondary N) is 1. The molecule has 0 fully saturated rings. The van der Waals surface area contributed by atoms with Gasteiger partial charge in [0.1, 0.15) is 5.75 Å². The summed E-state index contributed by atoms with van der Waals surface area (Å²) in [6.07, 6.45) is 0. The summed E-state index contributed by atoms with van der Waals surface area (Å²) in [7, 11) is 0. The Balaban J connectivity index is 2.04. The van der Waals surface area contributed by atoms with Crippen molar-refractivity contribution >= 4 is 23.4 Å². The predicted molar refractivity (Wildman–Crippen MR) is 89.9 cm³/mol. The Morgan fingerprint density at radius 3 is 2.76 bits per heavy atom. The number of benzene rings is 2. The highest BCUT2D eigenvalue weighted by atomic mass is 35.5. The molecule has 2 rings (SSSR count). The number of thioether (sulfide) groups is 1. The molecule has 3 nitrogen and oxygen atoms in total. The van der Waals surface area contributed by atoms with Crippen molar-refractivity contribution in [1.29, 1.82) is 0 Å². The molecular formula is C16H19ClN2OS. The molecule has 1 unspecified atom stereocenters. The van der Waals surface area contributed by atoms with Crippen LogP contribution in [0.4, 0.5) is 0 Å². The summed E-state index contributed by atoms with van der Waals surface area (Å²) in [6, 6.07) is 15.9. The van der Waals surface area contributed by atoms with E-state index in [1.54, 1.807) is 11.8 Å². The van der Waals surface area contributed by atoms with Crippen molar-refractivity contribution in [3.8, 4) is 5.75 Å². The second-order valence-electron chi connectivity index (χ2n) is 4.49. The molecule has 0 aromatic heterocycles. The number of hydrazine groups is 1. The van der Waals surface area contributed by atoms with Gasteiger partial charge in [-0.25, -0.2) is 0 Å². The zero-order valence-corrected chi connectivity index (χ0v) is 13.5. The fraction of sp³-hybridized carbons (Fsp3) is 0.250. The van der Waals surface area contributed by atoms with Gasteiger partial charge >= 0.3 is 0 Å². The first kappa shape index (κ1) is 16.2. The van der Waals surface area contributed by atoms with E-state index in [1.165, 1.54) is 0 Å². The molecular weight excluding hydrogens is 304 g/mol. The third-order valence-corrected chi connectivity index (χ3v) is 4.31. The Morgan fingerprint density at radius 1 is 1.24 bits per heavy atom. The second-order valence-corrected chi connectivity index (χ2v) is 6.02. The van der Waals surface area contributed by atoms with Crippen molar-refractivity contribution in [3.63, 3.8) is 0 Å². The van der Waals surface area contributed by atoms with E-state index in [-0.39, 0.29) is 6.04 Å². The van der Waals surface area contributed by atoms with Crippen molar-refractivity contribution in [1.82, 2.24) is 5.43 Å². The summed E-state index contributed by atoms with van der Waals surface area (Å²) < 4.78 is 5.53. The lowest BCUT2D eigenvalue weighted by Gasteiger charge is -2.17. The van der Waals surface area contributed by atoms with Crippen LogP contribution in [0.15, 0.2) is 53.4 Å². The largest absolute Gasteiger partial charge is 0.494 e. The van der Waals surface area contributed by atoms with Gasteiger partial charge < -0.3 is 4.74 Å². The van der Waals surface area contributed by atoms with Crippen molar-refractivity contribution in [3.05, 3.63) is 59.1 Å². The monoisotopic (exact) mass is 322 g/mol. The van der Waals surface area contributed by atoms with E-state index >= 15 is 0 Å². The number of ether oxygens (including phenoxy) is 1. The van der Waals surface area contributed by atoms with Crippen LogP contribution in [-0.2, 0) is 0 Å². The number of nitrogens with two attached hydrogens (primary N) is 1. The van der Waals surface area contributed by atoms with Gasteiger partial charge in [0.2, 0.25) is 0 Å². The van der Waals surface area contributed by atoms with Crippen LogP contribution in [0.25, 0.3) is 0 Å². The second kappa shape index (κ2) is 8.29. The molecule has 5 heteroatoms. The smallest absolute Gasteiger partial charge is 0.119 e. The van der Waals surface area contributed by atoms with Crippen molar-refractivity contribution in [2.24, 2.45) is 5.84 Å². The number of halogens is 1. The van der Waals surface area contributed by atoms with Crippen LogP contribution in [0.2, 0.25) is 5.02 Å². The fourth-order valence-electron chi connectivity index (χ4n) is 1.96. The van der Waals surface area contributed by atoms with Gasteiger partial charge in [-0.2, -0.15) is 0 Å². The highest BCUT2D eigenvalue weighted by Gasteiger charge is 2.11. The number of hydrogen-bond donors (Lipinski definition) is 2. The molecule has 21 heavy (non-hydrogen) atoms. The number of hydrogen-bond acceptors (Lipinski definition) is 4. The molecule has 0 amide bonds. The first-order valence-electron chi connectivity index (χ1n) is 6.80. The molecule has 0 saturated carbocycles. The number of rotatable bonds is 7. The third kappa shape index (κ3) is 4.93. The van der Waals surface area contributed by atoms with Gasteiger partial charge in [-0.1, -0.05) is 29.8 Å². The van der Waals surface area contributed by atoms with Crippen molar-refractivity contribution in [2.45, 2.75) is 17.9 Å².